The minimum absolute atomic E-state index is 0. The van der Waals surface area contributed by atoms with Gasteiger partial charge in [-0.3, -0.25) is 9.63 Å². The van der Waals surface area contributed by atoms with Gasteiger partial charge in [-0.05, 0) is 18.1 Å². The van der Waals surface area contributed by atoms with Crippen molar-refractivity contribution >= 4 is 24.1 Å². The molecule has 2 atom stereocenters. The number of hydroxylamine groups is 1. The molecule has 0 aromatic rings. The van der Waals surface area contributed by atoms with Gasteiger partial charge < -0.3 is 9.57 Å². The van der Waals surface area contributed by atoms with E-state index in [-0.39, 0.29) is 36.9 Å². The summed E-state index contributed by atoms with van der Waals surface area (Å²) >= 11 is 0. The molecule has 1 N–H and O–H groups in total. The lowest BCUT2D eigenvalue weighted by atomic mass is 9.96. The summed E-state index contributed by atoms with van der Waals surface area (Å²) in [6, 6.07) is 0.106. The number of esters is 1. The van der Waals surface area contributed by atoms with E-state index in [1.807, 2.05) is 12.2 Å². The Bertz CT molecular complexity index is 434. The van der Waals surface area contributed by atoms with Crippen molar-refractivity contribution < 1.29 is 19.2 Å². The molecule has 2 rings (SSSR count). The molecule has 2 aliphatic rings. The summed E-state index contributed by atoms with van der Waals surface area (Å²) in [5, 5.41) is 3.88. The lowest BCUT2D eigenvalue weighted by Gasteiger charge is -2.13. The zero-order valence-electron chi connectivity index (χ0n) is 11.5. The molecule has 0 amide bonds. The maximum atomic E-state index is 11.2. The Labute approximate surface area is 124 Å². The lowest BCUT2D eigenvalue weighted by molar-refractivity contribution is -0.143. The van der Waals surface area contributed by atoms with Crippen LogP contribution >= 0.6 is 12.4 Å². The zero-order chi connectivity index (χ0) is 13.7. The molecule has 7 heteroatoms. The standard InChI is InChI=1S/C13H18N2O4.ClH/c1-17-13(16)8-11-7-12(15-19-11)9-3-5-10(6-4-9)14-18-2;/h3-5,11-12,15H,6-8H2,1-2H3;1H. The quantitative estimate of drug-likeness (QED) is 0.630. The number of hydrogen-bond donors (Lipinski definition) is 1. The van der Waals surface area contributed by atoms with Gasteiger partial charge in [0, 0.05) is 6.42 Å². The monoisotopic (exact) mass is 302 g/mol. The molecule has 1 saturated heterocycles. The molecule has 1 aliphatic heterocycles. The Morgan fingerprint density at radius 3 is 2.90 bits per heavy atom. The lowest BCUT2D eigenvalue weighted by Crippen LogP contribution is -2.22. The zero-order valence-corrected chi connectivity index (χ0v) is 12.3. The molecule has 0 radical (unpaired) electrons. The van der Waals surface area contributed by atoms with Crippen molar-refractivity contribution in [2.75, 3.05) is 14.2 Å². The minimum atomic E-state index is -0.255. The van der Waals surface area contributed by atoms with Gasteiger partial charge in [-0.2, -0.15) is 5.48 Å². The molecule has 1 heterocycles. The van der Waals surface area contributed by atoms with Crippen molar-refractivity contribution in [1.82, 2.24) is 5.48 Å². The average molecular weight is 303 g/mol. The first kappa shape index (κ1) is 16.7. The Kier molecular flexibility index (Phi) is 6.70. The van der Waals surface area contributed by atoms with Crippen LogP contribution in [0.15, 0.2) is 29.0 Å². The summed E-state index contributed by atoms with van der Waals surface area (Å²) in [7, 11) is 2.91. The normalized spacial score (nSPS) is 26.9. The van der Waals surface area contributed by atoms with E-state index in [9.17, 15) is 4.79 Å². The average Bonchev–Trinajstić information content (AvgIpc) is 2.88. The summed E-state index contributed by atoms with van der Waals surface area (Å²) in [6.07, 6.45) is 7.62. The van der Waals surface area contributed by atoms with E-state index in [0.29, 0.717) is 0 Å². The summed E-state index contributed by atoms with van der Waals surface area (Å²) in [5.41, 5.74) is 4.98. The van der Waals surface area contributed by atoms with Gasteiger partial charge in [0.25, 0.3) is 0 Å². The van der Waals surface area contributed by atoms with E-state index in [2.05, 4.69) is 21.4 Å². The van der Waals surface area contributed by atoms with E-state index < -0.39 is 0 Å². The maximum Gasteiger partial charge on any atom is 0.308 e. The third-order valence-electron chi connectivity index (χ3n) is 3.12. The number of allylic oxidation sites excluding steroid dienone is 2. The topological polar surface area (TPSA) is 69.2 Å². The van der Waals surface area contributed by atoms with E-state index in [4.69, 9.17) is 9.68 Å². The smallest absolute Gasteiger partial charge is 0.308 e. The fourth-order valence-electron chi connectivity index (χ4n) is 2.13. The molecule has 0 bridgehead atoms. The van der Waals surface area contributed by atoms with Gasteiger partial charge in [-0.25, -0.2) is 0 Å². The first-order chi connectivity index (χ1) is 9.22. The number of oxime groups is 1. The Morgan fingerprint density at radius 2 is 2.30 bits per heavy atom. The first-order valence-corrected chi connectivity index (χ1v) is 6.19. The number of carbonyl (C=O) groups is 1. The number of halogens is 1. The van der Waals surface area contributed by atoms with Crippen molar-refractivity contribution in [1.29, 1.82) is 0 Å². The van der Waals surface area contributed by atoms with Gasteiger partial charge in [0.1, 0.15) is 7.11 Å². The number of methoxy groups -OCH3 is 1. The van der Waals surface area contributed by atoms with Crippen molar-refractivity contribution in [2.24, 2.45) is 5.16 Å². The molecule has 6 nitrogen and oxygen atoms in total. The van der Waals surface area contributed by atoms with Crippen LogP contribution < -0.4 is 5.48 Å². The Balaban J connectivity index is 0.00000200. The number of nitrogens with zero attached hydrogens (tertiary/aromatic N) is 1. The van der Waals surface area contributed by atoms with E-state index in [1.165, 1.54) is 14.2 Å². The van der Waals surface area contributed by atoms with Gasteiger partial charge in [-0.1, -0.05) is 17.3 Å². The molecule has 20 heavy (non-hydrogen) atoms. The molecular formula is C13H19ClN2O4. The molecule has 0 spiro atoms. The number of nitrogens with one attached hydrogen (secondary N) is 1. The number of hydrogen-bond acceptors (Lipinski definition) is 6. The van der Waals surface area contributed by atoms with Crippen LogP contribution in [0, 0.1) is 0 Å². The van der Waals surface area contributed by atoms with Crippen molar-refractivity contribution in [2.45, 2.75) is 31.4 Å². The predicted octanol–water partition coefficient (Wildman–Crippen LogP) is 1.52. The SMILES string of the molecule is CON=C1C=CC(C2CC(CC(=O)OC)ON2)=CC1.Cl. The number of rotatable bonds is 4. The highest BCUT2D eigenvalue weighted by Gasteiger charge is 2.29. The summed E-state index contributed by atoms with van der Waals surface area (Å²) < 4.78 is 4.63. The molecule has 1 fully saturated rings. The second-order valence-corrected chi connectivity index (χ2v) is 4.43. The van der Waals surface area contributed by atoms with Gasteiger partial charge in [0.15, 0.2) is 0 Å². The predicted molar refractivity (Wildman–Crippen MR) is 76.6 cm³/mol. The van der Waals surface area contributed by atoms with Crippen LogP contribution in [0.2, 0.25) is 0 Å². The van der Waals surface area contributed by atoms with Crippen molar-refractivity contribution in [3.8, 4) is 0 Å². The highest BCUT2D eigenvalue weighted by molar-refractivity contribution is 5.97. The molecule has 0 aromatic heterocycles. The summed E-state index contributed by atoms with van der Waals surface area (Å²) in [4.78, 5) is 21.3. The van der Waals surface area contributed by atoms with Crippen LogP contribution in [0.1, 0.15) is 19.3 Å². The van der Waals surface area contributed by atoms with Gasteiger partial charge in [-0.15, -0.1) is 12.4 Å². The molecule has 1 aliphatic carbocycles. The van der Waals surface area contributed by atoms with Crippen molar-refractivity contribution in [3.05, 3.63) is 23.8 Å². The highest BCUT2D eigenvalue weighted by atomic mass is 35.5. The molecule has 112 valence electrons. The highest BCUT2D eigenvalue weighted by Crippen LogP contribution is 2.23. The van der Waals surface area contributed by atoms with E-state index >= 15 is 0 Å². The minimum Gasteiger partial charge on any atom is -0.469 e. The van der Waals surface area contributed by atoms with Crippen LogP contribution in [-0.4, -0.2) is 38.0 Å². The van der Waals surface area contributed by atoms with E-state index in [1.54, 1.807) is 0 Å². The van der Waals surface area contributed by atoms with Gasteiger partial charge >= 0.3 is 5.97 Å². The number of carbonyl (C=O) groups excluding carboxylic acids is 1. The fraction of sp³-hybridized carbons (Fsp3) is 0.538. The van der Waals surface area contributed by atoms with Gasteiger partial charge in [0.2, 0.25) is 0 Å². The third kappa shape index (κ3) is 4.33. The van der Waals surface area contributed by atoms with Crippen LogP contribution in [0.5, 0.6) is 0 Å². The van der Waals surface area contributed by atoms with Crippen molar-refractivity contribution in [3.63, 3.8) is 0 Å². The first-order valence-electron chi connectivity index (χ1n) is 6.19. The second kappa shape index (κ2) is 8.04. The Hall–Kier alpha value is -1.37. The summed E-state index contributed by atoms with van der Waals surface area (Å²) in [6.45, 7) is 0. The van der Waals surface area contributed by atoms with Crippen LogP contribution in [0.4, 0.5) is 0 Å². The maximum absolute atomic E-state index is 11.2. The Morgan fingerprint density at radius 1 is 1.50 bits per heavy atom. The number of ether oxygens (including phenoxy) is 1. The molecule has 2 unspecified atom stereocenters. The second-order valence-electron chi connectivity index (χ2n) is 4.43. The largest absolute Gasteiger partial charge is 0.469 e. The van der Waals surface area contributed by atoms with Crippen LogP contribution in [0.25, 0.3) is 0 Å². The van der Waals surface area contributed by atoms with Gasteiger partial charge in [0.05, 0.1) is 31.4 Å². The molecule has 0 aromatic carbocycles. The van der Waals surface area contributed by atoms with E-state index in [0.717, 1.165) is 24.1 Å². The third-order valence-corrected chi connectivity index (χ3v) is 3.12. The van der Waals surface area contributed by atoms with Crippen LogP contribution in [0.3, 0.4) is 0 Å². The molecule has 0 saturated carbocycles. The van der Waals surface area contributed by atoms with Crippen LogP contribution in [-0.2, 0) is 19.2 Å². The summed E-state index contributed by atoms with van der Waals surface area (Å²) in [5.74, 6) is -0.255. The fourth-order valence-corrected chi connectivity index (χ4v) is 2.13. The molecular weight excluding hydrogens is 284 g/mol.